The van der Waals surface area contributed by atoms with Crippen molar-refractivity contribution in [2.45, 2.75) is 11.2 Å². The molecule has 0 bridgehead atoms. The van der Waals surface area contributed by atoms with Crippen LogP contribution in [0.2, 0.25) is 0 Å². The molecule has 1 unspecified atom stereocenters. The number of methoxy groups -OCH3 is 1. The van der Waals surface area contributed by atoms with E-state index < -0.39 is 0 Å². The molecule has 0 radical (unpaired) electrons. The maximum atomic E-state index is 5.27. The summed E-state index contributed by atoms with van der Waals surface area (Å²) in [6.45, 7) is 0. The van der Waals surface area contributed by atoms with Crippen LogP contribution in [-0.2, 0) is 6.42 Å². The minimum absolute atomic E-state index is 0.268. The smallest absolute Gasteiger partial charge is 0.119 e. The highest BCUT2D eigenvalue weighted by Crippen LogP contribution is 2.34. The summed E-state index contributed by atoms with van der Waals surface area (Å²) in [6, 6.07) is 16.5. The van der Waals surface area contributed by atoms with E-state index in [9.17, 15) is 0 Å². The number of alkyl halides is 1. The second-order valence-electron chi connectivity index (χ2n) is 4.04. The van der Waals surface area contributed by atoms with E-state index in [1.165, 1.54) is 11.1 Å². The average Bonchev–Trinajstić information content (AvgIpc) is 2.40. The van der Waals surface area contributed by atoms with Gasteiger partial charge in [-0.05, 0) is 35.7 Å². The van der Waals surface area contributed by atoms with Crippen molar-refractivity contribution in [3.63, 3.8) is 0 Å². The molecule has 0 amide bonds. The van der Waals surface area contributed by atoms with Gasteiger partial charge in [0.2, 0.25) is 0 Å². The molecule has 0 N–H and O–H groups in total. The fourth-order valence-electron chi connectivity index (χ4n) is 1.82. The molecule has 2 aromatic rings. The van der Waals surface area contributed by atoms with Gasteiger partial charge in [-0.25, -0.2) is 0 Å². The predicted molar refractivity (Wildman–Crippen MR) is 82.5 cm³/mol. The molecule has 0 aliphatic carbocycles. The molecular weight excluding hydrogens is 356 g/mol. The Labute approximate surface area is 124 Å². The zero-order valence-electron chi connectivity index (χ0n) is 10.1. The quantitative estimate of drug-likeness (QED) is 0.678. The third-order valence-corrected chi connectivity index (χ3v) is 4.34. The monoisotopic (exact) mass is 368 g/mol. The van der Waals surface area contributed by atoms with Gasteiger partial charge in [0.1, 0.15) is 5.75 Å². The van der Waals surface area contributed by atoms with Crippen molar-refractivity contribution < 1.29 is 4.74 Å². The molecule has 3 heteroatoms. The van der Waals surface area contributed by atoms with E-state index in [-0.39, 0.29) is 4.83 Å². The molecule has 0 aromatic heterocycles. The minimum Gasteiger partial charge on any atom is -0.497 e. The van der Waals surface area contributed by atoms with Gasteiger partial charge in [-0.1, -0.05) is 62.2 Å². The minimum atomic E-state index is 0.268. The van der Waals surface area contributed by atoms with E-state index in [2.05, 4.69) is 62.2 Å². The van der Waals surface area contributed by atoms with E-state index in [0.29, 0.717) is 0 Å². The molecule has 0 fully saturated rings. The van der Waals surface area contributed by atoms with Crippen molar-refractivity contribution in [3.05, 3.63) is 64.1 Å². The summed E-state index contributed by atoms with van der Waals surface area (Å²) in [5.41, 5.74) is 2.52. The van der Waals surface area contributed by atoms with Crippen molar-refractivity contribution in [1.82, 2.24) is 0 Å². The largest absolute Gasteiger partial charge is 0.497 e. The lowest BCUT2D eigenvalue weighted by Gasteiger charge is -2.13. The van der Waals surface area contributed by atoms with Crippen LogP contribution >= 0.6 is 31.9 Å². The number of halogens is 2. The van der Waals surface area contributed by atoms with Crippen molar-refractivity contribution in [1.29, 1.82) is 0 Å². The first-order chi connectivity index (χ1) is 8.70. The van der Waals surface area contributed by atoms with Crippen LogP contribution in [0, 0.1) is 0 Å². The fourth-order valence-corrected chi connectivity index (χ4v) is 3.40. The Balaban J connectivity index is 2.20. The Hall–Kier alpha value is -0.800. The van der Waals surface area contributed by atoms with Crippen LogP contribution < -0.4 is 4.74 Å². The van der Waals surface area contributed by atoms with Crippen molar-refractivity contribution >= 4 is 31.9 Å². The van der Waals surface area contributed by atoms with Gasteiger partial charge < -0.3 is 4.74 Å². The molecular formula is C15H14Br2O. The highest BCUT2D eigenvalue weighted by Gasteiger charge is 2.13. The highest BCUT2D eigenvalue weighted by atomic mass is 79.9. The van der Waals surface area contributed by atoms with Gasteiger partial charge in [0.05, 0.1) is 7.11 Å². The maximum Gasteiger partial charge on any atom is 0.119 e. The van der Waals surface area contributed by atoms with E-state index in [1.807, 2.05) is 18.2 Å². The SMILES string of the molecule is COc1ccc(Br)c(C(Br)Cc2ccccc2)c1. The van der Waals surface area contributed by atoms with E-state index in [4.69, 9.17) is 4.74 Å². The van der Waals surface area contributed by atoms with Gasteiger partial charge in [0, 0.05) is 9.30 Å². The van der Waals surface area contributed by atoms with Crippen molar-refractivity contribution in [2.75, 3.05) is 7.11 Å². The van der Waals surface area contributed by atoms with Crippen LogP contribution in [0.4, 0.5) is 0 Å². The Morgan fingerprint density at radius 2 is 1.83 bits per heavy atom. The standard InChI is InChI=1S/C15H14Br2O/c1-18-12-7-8-14(16)13(10-12)15(17)9-11-5-3-2-4-6-11/h2-8,10,15H,9H2,1H3. The maximum absolute atomic E-state index is 5.27. The molecule has 0 spiro atoms. The molecule has 1 atom stereocenters. The summed E-state index contributed by atoms with van der Waals surface area (Å²) in [4.78, 5) is 0.268. The molecule has 0 saturated heterocycles. The van der Waals surface area contributed by atoms with Gasteiger partial charge in [0.25, 0.3) is 0 Å². The molecule has 0 saturated carbocycles. The van der Waals surface area contributed by atoms with E-state index in [1.54, 1.807) is 7.11 Å². The number of benzene rings is 2. The number of hydrogen-bond donors (Lipinski definition) is 0. The lowest BCUT2D eigenvalue weighted by atomic mass is 10.0. The molecule has 18 heavy (non-hydrogen) atoms. The summed E-state index contributed by atoms with van der Waals surface area (Å²) >= 11 is 7.34. The topological polar surface area (TPSA) is 9.23 Å². The second kappa shape index (κ2) is 6.39. The first kappa shape index (κ1) is 13.6. The first-order valence-electron chi connectivity index (χ1n) is 5.72. The molecule has 2 aromatic carbocycles. The molecule has 0 heterocycles. The van der Waals surface area contributed by atoms with Gasteiger partial charge >= 0.3 is 0 Å². The van der Waals surface area contributed by atoms with Gasteiger partial charge in [-0.2, -0.15) is 0 Å². The van der Waals surface area contributed by atoms with E-state index in [0.717, 1.165) is 16.6 Å². The van der Waals surface area contributed by atoms with Crippen LogP contribution in [0.5, 0.6) is 5.75 Å². The van der Waals surface area contributed by atoms with Crippen LogP contribution in [0.15, 0.2) is 53.0 Å². The third kappa shape index (κ3) is 3.36. The Kier molecular flexibility index (Phi) is 4.84. The van der Waals surface area contributed by atoms with Crippen molar-refractivity contribution in [2.24, 2.45) is 0 Å². The zero-order chi connectivity index (χ0) is 13.0. The number of rotatable bonds is 4. The molecule has 2 rings (SSSR count). The molecule has 0 aliphatic rings. The predicted octanol–water partition coefficient (Wildman–Crippen LogP) is 5.14. The summed E-state index contributed by atoms with van der Waals surface area (Å²) in [5, 5.41) is 0. The highest BCUT2D eigenvalue weighted by molar-refractivity contribution is 9.11. The normalized spacial score (nSPS) is 12.2. The average molecular weight is 370 g/mol. The van der Waals surface area contributed by atoms with Crippen LogP contribution in [-0.4, -0.2) is 7.11 Å². The summed E-state index contributed by atoms with van der Waals surface area (Å²) in [6.07, 6.45) is 0.951. The van der Waals surface area contributed by atoms with Gasteiger partial charge in [-0.15, -0.1) is 0 Å². The Bertz CT molecular complexity index is 511. The lowest BCUT2D eigenvalue weighted by molar-refractivity contribution is 0.414. The fraction of sp³-hybridized carbons (Fsp3) is 0.200. The van der Waals surface area contributed by atoms with E-state index >= 15 is 0 Å². The molecule has 1 nitrogen and oxygen atoms in total. The third-order valence-electron chi connectivity index (χ3n) is 2.80. The zero-order valence-corrected chi connectivity index (χ0v) is 13.2. The van der Waals surface area contributed by atoms with Gasteiger partial charge in [0.15, 0.2) is 0 Å². The Morgan fingerprint density at radius 3 is 2.50 bits per heavy atom. The van der Waals surface area contributed by atoms with Crippen molar-refractivity contribution in [3.8, 4) is 5.75 Å². The second-order valence-corrected chi connectivity index (χ2v) is 6.00. The summed E-state index contributed by atoms with van der Waals surface area (Å²) in [7, 11) is 1.69. The summed E-state index contributed by atoms with van der Waals surface area (Å²) < 4.78 is 6.37. The van der Waals surface area contributed by atoms with Crippen LogP contribution in [0.25, 0.3) is 0 Å². The van der Waals surface area contributed by atoms with Gasteiger partial charge in [-0.3, -0.25) is 0 Å². The summed E-state index contributed by atoms with van der Waals surface area (Å²) in [5.74, 6) is 0.880. The Morgan fingerprint density at radius 1 is 1.11 bits per heavy atom. The number of ether oxygens (including phenoxy) is 1. The number of hydrogen-bond acceptors (Lipinski definition) is 1. The molecule has 94 valence electrons. The van der Waals surface area contributed by atoms with Crippen LogP contribution in [0.3, 0.4) is 0 Å². The first-order valence-corrected chi connectivity index (χ1v) is 7.43. The lowest BCUT2D eigenvalue weighted by Crippen LogP contribution is -1.97. The van der Waals surface area contributed by atoms with Crippen LogP contribution in [0.1, 0.15) is 16.0 Å². The molecule has 0 aliphatic heterocycles.